The molecule has 2 amide bonds. The third-order valence-corrected chi connectivity index (χ3v) is 6.97. The number of aliphatic hydroxyl groups is 2. The maximum absolute atomic E-state index is 12.4. The van der Waals surface area contributed by atoms with Crippen molar-refractivity contribution in [2.24, 2.45) is 0 Å². The predicted molar refractivity (Wildman–Crippen MR) is 119 cm³/mol. The van der Waals surface area contributed by atoms with Crippen molar-refractivity contribution in [1.82, 2.24) is 24.4 Å². The van der Waals surface area contributed by atoms with Crippen molar-refractivity contribution in [3.05, 3.63) is 48.0 Å². The average molecular weight is 471 g/mol. The number of imide groups is 1. The van der Waals surface area contributed by atoms with Crippen molar-refractivity contribution in [3.8, 4) is 0 Å². The van der Waals surface area contributed by atoms with Crippen LogP contribution in [0.2, 0.25) is 0 Å². The second-order valence-corrected chi connectivity index (χ2v) is 9.02. The van der Waals surface area contributed by atoms with Crippen molar-refractivity contribution >= 4 is 40.6 Å². The highest BCUT2D eigenvalue weighted by Crippen LogP contribution is 2.33. The number of anilines is 1. The molecule has 4 heterocycles. The standard InChI is InChI=1S/C21H22N6O5S/c22-17-14-18(24-9-23-17)27(10-25-14)21-16(29)15(28)13(32-21)8-33-7-3-6-26-19(30)11-4-1-2-5-12(11)20(26)31/h1-2,4-5,9-10,13,15-16,21,28-29H,3,6-8H2,(H2,22,23,24)/t13-,15-,16-,21+/m1/s1. The molecule has 12 heteroatoms. The molecular formula is C21H22N6O5S. The Kier molecular flexibility index (Phi) is 5.74. The second-order valence-electron chi connectivity index (χ2n) is 7.87. The van der Waals surface area contributed by atoms with Crippen LogP contribution in [0, 0.1) is 0 Å². The number of aromatic nitrogens is 4. The number of ether oxygens (including phenoxy) is 1. The number of carbonyl (C=O) groups is 2. The third kappa shape index (κ3) is 3.74. The van der Waals surface area contributed by atoms with E-state index < -0.39 is 24.5 Å². The van der Waals surface area contributed by atoms with Crippen molar-refractivity contribution in [2.45, 2.75) is 31.0 Å². The maximum atomic E-state index is 12.4. The average Bonchev–Trinajstić information content (AvgIpc) is 3.44. The Hall–Kier alpha value is -3.06. The quantitative estimate of drug-likeness (QED) is 0.327. The van der Waals surface area contributed by atoms with Gasteiger partial charge in [0.1, 0.15) is 24.1 Å². The van der Waals surface area contributed by atoms with E-state index in [0.29, 0.717) is 46.8 Å². The summed E-state index contributed by atoms with van der Waals surface area (Å²) in [4.78, 5) is 38.3. The van der Waals surface area contributed by atoms with Gasteiger partial charge in [0.2, 0.25) is 0 Å². The summed E-state index contributed by atoms with van der Waals surface area (Å²) in [7, 11) is 0. The van der Waals surface area contributed by atoms with E-state index in [4.69, 9.17) is 10.5 Å². The molecule has 1 saturated heterocycles. The second kappa shape index (κ2) is 8.71. The summed E-state index contributed by atoms with van der Waals surface area (Å²) >= 11 is 1.52. The highest BCUT2D eigenvalue weighted by atomic mass is 32.2. The first-order chi connectivity index (χ1) is 16.0. The van der Waals surface area contributed by atoms with Gasteiger partial charge in [0.05, 0.1) is 23.6 Å². The number of rotatable bonds is 7. The summed E-state index contributed by atoms with van der Waals surface area (Å²) in [6.45, 7) is 0.320. The number of hydrogen-bond donors (Lipinski definition) is 3. The summed E-state index contributed by atoms with van der Waals surface area (Å²) in [5, 5.41) is 21.0. The van der Waals surface area contributed by atoms with Gasteiger partial charge in [-0.25, -0.2) is 15.0 Å². The Labute approximate surface area is 192 Å². The molecule has 0 saturated carbocycles. The van der Waals surface area contributed by atoms with E-state index in [1.54, 1.807) is 24.3 Å². The predicted octanol–water partition coefficient (Wildman–Crippen LogP) is 0.447. The highest BCUT2D eigenvalue weighted by Gasteiger charge is 2.44. The number of amides is 2. The SMILES string of the molecule is Nc1ncnc2c1ncn2[C@H]1O[C@H](CSCCCN2C(=O)c3ccccc3C2=O)[C@@H](O)[C@H]1O. The van der Waals surface area contributed by atoms with Crippen LogP contribution in [-0.2, 0) is 4.74 Å². The highest BCUT2D eigenvalue weighted by molar-refractivity contribution is 7.99. The molecule has 2 aromatic heterocycles. The Morgan fingerprint density at radius 2 is 1.79 bits per heavy atom. The number of imidazole rings is 1. The molecule has 4 N–H and O–H groups in total. The zero-order chi connectivity index (χ0) is 23.1. The van der Waals surface area contributed by atoms with Gasteiger partial charge in [-0.2, -0.15) is 11.8 Å². The number of aliphatic hydroxyl groups excluding tert-OH is 2. The molecule has 33 heavy (non-hydrogen) atoms. The molecule has 0 bridgehead atoms. The first-order valence-electron chi connectivity index (χ1n) is 10.4. The van der Waals surface area contributed by atoms with Gasteiger partial charge in [-0.05, 0) is 24.3 Å². The van der Waals surface area contributed by atoms with Gasteiger partial charge < -0.3 is 20.7 Å². The molecule has 0 radical (unpaired) electrons. The molecule has 172 valence electrons. The molecule has 5 rings (SSSR count). The van der Waals surface area contributed by atoms with E-state index in [-0.39, 0.29) is 17.6 Å². The number of nitrogens with two attached hydrogens (primary N) is 1. The lowest BCUT2D eigenvalue weighted by molar-refractivity contribution is -0.0289. The fourth-order valence-electron chi connectivity index (χ4n) is 4.12. The molecule has 1 fully saturated rings. The monoisotopic (exact) mass is 470 g/mol. The number of nitrogens with zero attached hydrogens (tertiary/aromatic N) is 5. The van der Waals surface area contributed by atoms with Gasteiger partial charge in [-0.3, -0.25) is 19.1 Å². The lowest BCUT2D eigenvalue weighted by Gasteiger charge is -2.16. The van der Waals surface area contributed by atoms with Crippen molar-refractivity contribution in [2.75, 3.05) is 23.8 Å². The largest absolute Gasteiger partial charge is 0.387 e. The lowest BCUT2D eigenvalue weighted by atomic mass is 10.1. The van der Waals surface area contributed by atoms with E-state index >= 15 is 0 Å². The van der Waals surface area contributed by atoms with Crippen LogP contribution in [0.1, 0.15) is 33.4 Å². The molecule has 11 nitrogen and oxygen atoms in total. The molecular weight excluding hydrogens is 448 g/mol. The van der Waals surface area contributed by atoms with Crippen LogP contribution in [0.15, 0.2) is 36.9 Å². The van der Waals surface area contributed by atoms with Crippen LogP contribution < -0.4 is 5.73 Å². The molecule has 3 aromatic rings. The third-order valence-electron chi connectivity index (χ3n) is 5.83. The summed E-state index contributed by atoms with van der Waals surface area (Å²) in [6.07, 6.45) is -0.358. The topological polar surface area (TPSA) is 157 Å². The van der Waals surface area contributed by atoms with Crippen LogP contribution >= 0.6 is 11.8 Å². The zero-order valence-corrected chi connectivity index (χ0v) is 18.3. The Balaban J connectivity index is 1.14. The number of nitrogen functional groups attached to an aromatic ring is 1. The molecule has 0 aliphatic carbocycles. The normalized spacial score (nSPS) is 24.7. The van der Waals surface area contributed by atoms with E-state index in [1.807, 2.05) is 0 Å². The number of thioether (sulfide) groups is 1. The van der Waals surface area contributed by atoms with Crippen molar-refractivity contribution < 1.29 is 24.5 Å². The summed E-state index contributed by atoms with van der Waals surface area (Å²) in [6, 6.07) is 6.81. The Morgan fingerprint density at radius 3 is 2.52 bits per heavy atom. The summed E-state index contributed by atoms with van der Waals surface area (Å²) in [5.74, 6) is 0.771. The van der Waals surface area contributed by atoms with Crippen LogP contribution in [-0.4, -0.2) is 82.8 Å². The van der Waals surface area contributed by atoms with Gasteiger partial charge in [0.15, 0.2) is 17.7 Å². The van der Waals surface area contributed by atoms with Gasteiger partial charge in [0, 0.05) is 12.3 Å². The fourth-order valence-corrected chi connectivity index (χ4v) is 5.13. The molecule has 2 aliphatic rings. The van der Waals surface area contributed by atoms with Crippen LogP contribution in [0.3, 0.4) is 0 Å². The van der Waals surface area contributed by atoms with Crippen molar-refractivity contribution in [1.29, 1.82) is 0 Å². The minimum atomic E-state index is -1.16. The van der Waals surface area contributed by atoms with Gasteiger partial charge >= 0.3 is 0 Å². The number of benzene rings is 1. The van der Waals surface area contributed by atoms with Crippen LogP contribution in [0.25, 0.3) is 11.2 Å². The summed E-state index contributed by atoms with van der Waals surface area (Å²) < 4.78 is 7.45. The molecule has 0 unspecified atom stereocenters. The zero-order valence-electron chi connectivity index (χ0n) is 17.4. The molecule has 1 aromatic carbocycles. The maximum Gasteiger partial charge on any atom is 0.261 e. The molecule has 0 spiro atoms. The fraction of sp³-hybridized carbons (Fsp3) is 0.381. The Morgan fingerprint density at radius 1 is 1.06 bits per heavy atom. The van der Waals surface area contributed by atoms with Gasteiger partial charge in [-0.1, -0.05) is 12.1 Å². The number of carbonyl (C=O) groups excluding carboxylic acids is 2. The number of fused-ring (bicyclic) bond motifs is 2. The summed E-state index contributed by atoms with van der Waals surface area (Å²) in [5.41, 5.74) is 7.50. The lowest BCUT2D eigenvalue weighted by Crippen LogP contribution is -2.33. The van der Waals surface area contributed by atoms with Crippen LogP contribution in [0.4, 0.5) is 5.82 Å². The van der Waals surface area contributed by atoms with E-state index in [0.717, 1.165) is 0 Å². The van der Waals surface area contributed by atoms with E-state index in [1.165, 1.54) is 33.9 Å². The minimum Gasteiger partial charge on any atom is -0.387 e. The van der Waals surface area contributed by atoms with E-state index in [2.05, 4.69) is 15.0 Å². The molecule has 2 aliphatic heterocycles. The first kappa shape index (κ1) is 21.8. The number of hydrogen-bond acceptors (Lipinski definition) is 10. The molecule has 4 atom stereocenters. The van der Waals surface area contributed by atoms with Crippen LogP contribution in [0.5, 0.6) is 0 Å². The van der Waals surface area contributed by atoms with Gasteiger partial charge in [0.25, 0.3) is 11.8 Å². The van der Waals surface area contributed by atoms with Crippen molar-refractivity contribution in [3.63, 3.8) is 0 Å². The Bertz CT molecular complexity index is 1180. The minimum absolute atomic E-state index is 0.219. The first-order valence-corrected chi connectivity index (χ1v) is 11.6. The smallest absolute Gasteiger partial charge is 0.261 e. The van der Waals surface area contributed by atoms with Gasteiger partial charge in [-0.15, -0.1) is 0 Å². The van der Waals surface area contributed by atoms with E-state index in [9.17, 15) is 19.8 Å².